The van der Waals surface area contributed by atoms with Crippen molar-refractivity contribution < 1.29 is 23.1 Å². The summed E-state index contributed by atoms with van der Waals surface area (Å²) < 4.78 is 29.2. The fourth-order valence-corrected chi connectivity index (χ4v) is 2.26. The van der Waals surface area contributed by atoms with Crippen LogP contribution >= 0.6 is 0 Å². The third-order valence-electron chi connectivity index (χ3n) is 3.68. The van der Waals surface area contributed by atoms with Crippen LogP contribution in [0.25, 0.3) is 0 Å². The van der Waals surface area contributed by atoms with Crippen molar-refractivity contribution in [2.45, 2.75) is 13.5 Å². The Balaban J connectivity index is 1.85. The average Bonchev–Trinajstić information content (AvgIpc) is 2.62. The minimum absolute atomic E-state index is 0.0555. The highest BCUT2D eigenvalue weighted by atomic mass is 19.3. The van der Waals surface area contributed by atoms with Crippen molar-refractivity contribution in [1.82, 2.24) is 4.90 Å². The fraction of sp³-hybridized carbons (Fsp3) is 0.263. The van der Waals surface area contributed by atoms with Crippen LogP contribution in [-0.4, -0.2) is 43.5 Å². The molecular formula is C19H21F2N3O3. The van der Waals surface area contributed by atoms with Gasteiger partial charge in [-0.2, -0.15) is 8.78 Å². The summed E-state index contributed by atoms with van der Waals surface area (Å²) in [6, 6.07) is 13.4. The maximum Gasteiger partial charge on any atom is 0.387 e. The van der Waals surface area contributed by atoms with Crippen molar-refractivity contribution in [3.05, 3.63) is 54.1 Å². The first-order valence-corrected chi connectivity index (χ1v) is 8.23. The molecule has 0 bridgehead atoms. The van der Waals surface area contributed by atoms with E-state index in [9.17, 15) is 18.4 Å². The number of aryl methyl sites for hydroxylation is 1. The van der Waals surface area contributed by atoms with Crippen LogP contribution in [0.15, 0.2) is 48.5 Å². The number of carbonyl (C=O) groups is 2. The zero-order valence-electron chi connectivity index (χ0n) is 15.0. The Morgan fingerprint density at radius 2 is 1.78 bits per heavy atom. The SMILES string of the molecule is Cc1ccc(NC(=O)CN(C)C(=O)CNc2ccccc2OC(F)F)cc1. The number of alkyl halides is 2. The summed E-state index contributed by atoms with van der Waals surface area (Å²) in [5.74, 6) is -0.767. The molecule has 0 unspecified atom stereocenters. The molecule has 2 amide bonds. The summed E-state index contributed by atoms with van der Waals surface area (Å²) in [7, 11) is 1.49. The molecule has 2 aromatic rings. The number of ether oxygens (including phenoxy) is 1. The number of nitrogens with one attached hydrogen (secondary N) is 2. The Hall–Kier alpha value is -3.16. The maximum absolute atomic E-state index is 12.4. The van der Waals surface area contributed by atoms with Crippen LogP contribution in [0.4, 0.5) is 20.2 Å². The topological polar surface area (TPSA) is 70.7 Å². The summed E-state index contributed by atoms with van der Waals surface area (Å²) in [6.07, 6.45) is 0. The first-order chi connectivity index (χ1) is 12.8. The number of amides is 2. The van der Waals surface area contributed by atoms with Crippen molar-refractivity contribution in [2.24, 2.45) is 0 Å². The zero-order valence-corrected chi connectivity index (χ0v) is 15.0. The molecule has 0 saturated heterocycles. The highest BCUT2D eigenvalue weighted by Gasteiger charge is 2.15. The first kappa shape index (κ1) is 20.2. The van der Waals surface area contributed by atoms with Crippen molar-refractivity contribution in [2.75, 3.05) is 30.8 Å². The molecule has 0 aliphatic heterocycles. The molecule has 8 heteroatoms. The molecule has 0 spiro atoms. The first-order valence-electron chi connectivity index (χ1n) is 8.23. The normalized spacial score (nSPS) is 10.4. The van der Waals surface area contributed by atoms with Crippen molar-refractivity contribution in [1.29, 1.82) is 0 Å². The number of halogens is 2. The number of hydrogen-bond acceptors (Lipinski definition) is 4. The van der Waals surface area contributed by atoms with Gasteiger partial charge in [-0.15, -0.1) is 0 Å². The van der Waals surface area contributed by atoms with Gasteiger partial charge in [0.25, 0.3) is 0 Å². The average molecular weight is 377 g/mol. The van der Waals surface area contributed by atoms with Gasteiger partial charge in [-0.05, 0) is 31.2 Å². The van der Waals surface area contributed by atoms with Gasteiger partial charge in [0.05, 0.1) is 18.8 Å². The Labute approximate surface area is 156 Å². The lowest BCUT2D eigenvalue weighted by atomic mass is 10.2. The predicted octanol–water partition coefficient (Wildman–Crippen LogP) is 3.11. The number of likely N-dealkylation sites (N-methyl/N-ethyl adjacent to an activating group) is 1. The van der Waals surface area contributed by atoms with E-state index in [0.29, 0.717) is 5.69 Å². The molecule has 6 nitrogen and oxygen atoms in total. The monoisotopic (exact) mass is 377 g/mol. The van der Waals surface area contributed by atoms with E-state index in [2.05, 4.69) is 15.4 Å². The van der Waals surface area contributed by atoms with Gasteiger partial charge in [0.15, 0.2) is 0 Å². The predicted molar refractivity (Wildman–Crippen MR) is 99.0 cm³/mol. The van der Waals surface area contributed by atoms with E-state index in [-0.39, 0.29) is 36.3 Å². The van der Waals surface area contributed by atoms with E-state index in [0.717, 1.165) is 5.56 Å². The summed E-state index contributed by atoms with van der Waals surface area (Å²) in [6.45, 7) is -1.33. The van der Waals surface area contributed by atoms with Gasteiger partial charge in [0.1, 0.15) is 5.75 Å². The third-order valence-corrected chi connectivity index (χ3v) is 3.68. The number of benzene rings is 2. The summed E-state index contributed by atoms with van der Waals surface area (Å²) in [5.41, 5.74) is 1.98. The molecular weight excluding hydrogens is 356 g/mol. The van der Waals surface area contributed by atoms with Crippen molar-refractivity contribution >= 4 is 23.2 Å². The Kier molecular flexibility index (Phi) is 7.10. The number of nitrogens with zero attached hydrogens (tertiary/aromatic N) is 1. The van der Waals surface area contributed by atoms with E-state index in [1.54, 1.807) is 24.3 Å². The van der Waals surface area contributed by atoms with Gasteiger partial charge in [-0.1, -0.05) is 29.8 Å². The molecule has 0 saturated carbocycles. The van der Waals surface area contributed by atoms with Crippen LogP contribution in [0.2, 0.25) is 0 Å². The molecule has 27 heavy (non-hydrogen) atoms. The standard InChI is InChI=1S/C19H21F2N3O3/c1-13-7-9-14(10-8-13)23-17(25)12-24(2)18(26)11-22-15-5-3-4-6-16(15)27-19(20)21/h3-10,19,22H,11-12H2,1-2H3,(H,23,25). The van der Waals surface area contributed by atoms with Crippen molar-refractivity contribution in [3.63, 3.8) is 0 Å². The van der Waals surface area contributed by atoms with E-state index >= 15 is 0 Å². The Bertz CT molecular complexity index is 782. The minimum atomic E-state index is -2.96. The molecule has 2 N–H and O–H groups in total. The second kappa shape index (κ2) is 9.51. The molecule has 2 rings (SSSR count). The summed E-state index contributed by atoms with van der Waals surface area (Å²) >= 11 is 0. The lowest BCUT2D eigenvalue weighted by molar-refractivity contribution is -0.131. The highest BCUT2D eigenvalue weighted by molar-refractivity contribution is 5.95. The largest absolute Gasteiger partial charge is 0.433 e. The van der Waals surface area contributed by atoms with E-state index in [1.807, 2.05) is 19.1 Å². The lowest BCUT2D eigenvalue weighted by Crippen LogP contribution is -2.38. The second-order valence-electron chi connectivity index (χ2n) is 5.89. The fourth-order valence-electron chi connectivity index (χ4n) is 2.26. The number of carbonyl (C=O) groups excluding carboxylic acids is 2. The van der Waals surface area contributed by atoms with Gasteiger partial charge in [0.2, 0.25) is 11.8 Å². The van der Waals surface area contributed by atoms with E-state index < -0.39 is 6.61 Å². The highest BCUT2D eigenvalue weighted by Crippen LogP contribution is 2.25. The molecule has 0 radical (unpaired) electrons. The number of para-hydroxylation sites is 2. The molecule has 2 aromatic carbocycles. The lowest BCUT2D eigenvalue weighted by Gasteiger charge is -2.18. The molecule has 0 atom stereocenters. The maximum atomic E-state index is 12.4. The molecule has 0 aliphatic rings. The molecule has 0 aromatic heterocycles. The van der Waals surface area contributed by atoms with Crippen LogP contribution in [-0.2, 0) is 9.59 Å². The van der Waals surface area contributed by atoms with Gasteiger partial charge in [-0.25, -0.2) is 0 Å². The molecule has 0 fully saturated rings. The van der Waals surface area contributed by atoms with Crippen LogP contribution in [0.3, 0.4) is 0 Å². The number of hydrogen-bond donors (Lipinski definition) is 2. The van der Waals surface area contributed by atoms with Gasteiger partial charge < -0.3 is 20.3 Å². The minimum Gasteiger partial charge on any atom is -0.433 e. The van der Waals surface area contributed by atoms with Crippen LogP contribution in [0.1, 0.15) is 5.56 Å². The van der Waals surface area contributed by atoms with Gasteiger partial charge in [0, 0.05) is 12.7 Å². The van der Waals surface area contributed by atoms with Crippen LogP contribution in [0, 0.1) is 6.92 Å². The Morgan fingerprint density at radius 3 is 2.44 bits per heavy atom. The second-order valence-corrected chi connectivity index (χ2v) is 5.89. The van der Waals surface area contributed by atoms with E-state index in [1.165, 1.54) is 24.1 Å². The van der Waals surface area contributed by atoms with Gasteiger partial charge in [-0.3, -0.25) is 9.59 Å². The molecule has 0 aliphatic carbocycles. The molecule has 144 valence electrons. The zero-order chi connectivity index (χ0) is 19.8. The number of anilines is 2. The third kappa shape index (κ3) is 6.58. The van der Waals surface area contributed by atoms with E-state index in [4.69, 9.17) is 0 Å². The summed E-state index contributed by atoms with van der Waals surface area (Å²) in [5, 5.41) is 5.45. The summed E-state index contributed by atoms with van der Waals surface area (Å²) in [4.78, 5) is 25.5. The quantitative estimate of drug-likeness (QED) is 0.742. The van der Waals surface area contributed by atoms with Crippen LogP contribution in [0.5, 0.6) is 5.75 Å². The van der Waals surface area contributed by atoms with Crippen molar-refractivity contribution in [3.8, 4) is 5.75 Å². The Morgan fingerprint density at radius 1 is 1.11 bits per heavy atom. The smallest absolute Gasteiger partial charge is 0.387 e. The van der Waals surface area contributed by atoms with Gasteiger partial charge >= 0.3 is 6.61 Å². The molecule has 0 heterocycles. The number of rotatable bonds is 8. The van der Waals surface area contributed by atoms with Crippen LogP contribution < -0.4 is 15.4 Å².